The van der Waals surface area contributed by atoms with E-state index in [1.54, 1.807) is 4.90 Å². The van der Waals surface area contributed by atoms with E-state index in [0.717, 1.165) is 5.69 Å². The molecule has 0 unspecified atom stereocenters. The van der Waals surface area contributed by atoms with Crippen LogP contribution in [-0.4, -0.2) is 17.7 Å². The number of hydrogen-bond acceptors (Lipinski definition) is 5. The number of H-pyrrole nitrogens is 1. The summed E-state index contributed by atoms with van der Waals surface area (Å²) in [5, 5.41) is 18.7. The third-order valence-electron chi connectivity index (χ3n) is 3.47. The molecule has 1 heterocycles. The lowest BCUT2D eigenvalue weighted by Crippen LogP contribution is -2.38. The summed E-state index contributed by atoms with van der Waals surface area (Å²) in [5.74, 6) is 0.246. The zero-order valence-corrected chi connectivity index (χ0v) is 14.8. The van der Waals surface area contributed by atoms with Gasteiger partial charge < -0.3 is 4.90 Å². The van der Waals surface area contributed by atoms with E-state index in [0.29, 0.717) is 10.6 Å². The van der Waals surface area contributed by atoms with Gasteiger partial charge >= 0.3 is 0 Å². The smallest absolute Gasteiger partial charge is 0.289 e. The van der Waals surface area contributed by atoms with E-state index in [1.165, 1.54) is 17.8 Å². The van der Waals surface area contributed by atoms with E-state index in [1.807, 2.05) is 56.3 Å². The molecule has 3 N–H and O–H groups in total. The topological polar surface area (TPSA) is 108 Å². The molecule has 0 fully saturated rings. The van der Waals surface area contributed by atoms with E-state index in [4.69, 9.17) is 11.0 Å². The first-order valence-electron chi connectivity index (χ1n) is 7.63. The van der Waals surface area contributed by atoms with Crippen molar-refractivity contribution in [1.29, 1.82) is 10.5 Å². The Kier molecular flexibility index (Phi) is 5.99. The molecule has 126 valence electrons. The maximum Gasteiger partial charge on any atom is 0.289 e. The number of benzene rings is 1. The Morgan fingerprint density at radius 2 is 1.88 bits per heavy atom. The average Bonchev–Trinajstić information content (AvgIpc) is 2.60. The molecule has 2 rings (SSSR count). The van der Waals surface area contributed by atoms with Crippen molar-refractivity contribution >= 4 is 29.2 Å². The van der Waals surface area contributed by atoms with E-state index in [2.05, 4.69) is 4.98 Å². The summed E-state index contributed by atoms with van der Waals surface area (Å²) < 4.78 is 0. The van der Waals surface area contributed by atoms with Gasteiger partial charge in [0.15, 0.2) is 5.03 Å². The van der Waals surface area contributed by atoms with Crippen molar-refractivity contribution in [2.75, 3.05) is 16.4 Å². The van der Waals surface area contributed by atoms with Crippen LogP contribution < -0.4 is 15.6 Å². The molecule has 6 nitrogen and oxygen atoms in total. The van der Waals surface area contributed by atoms with Crippen LogP contribution in [0, 0.1) is 22.7 Å². The molecule has 1 aromatic carbocycles. The van der Waals surface area contributed by atoms with Crippen LogP contribution in [0.3, 0.4) is 0 Å². The van der Waals surface area contributed by atoms with Gasteiger partial charge in [-0.3, -0.25) is 10.5 Å². The summed E-state index contributed by atoms with van der Waals surface area (Å²) in [5.41, 5.74) is 7.09. The van der Waals surface area contributed by atoms with Crippen molar-refractivity contribution < 1.29 is 9.78 Å². The Morgan fingerprint density at radius 3 is 2.44 bits per heavy atom. The summed E-state index contributed by atoms with van der Waals surface area (Å²) in [7, 11) is 0. The molecule has 0 saturated heterocycles. The maximum atomic E-state index is 12.7. The minimum Gasteiger partial charge on any atom is -0.309 e. The van der Waals surface area contributed by atoms with Crippen molar-refractivity contribution in [3.05, 3.63) is 47.5 Å². The number of aromatic amines is 1. The Bertz CT molecular complexity index is 852. The van der Waals surface area contributed by atoms with Gasteiger partial charge in [-0.1, -0.05) is 30.0 Å². The van der Waals surface area contributed by atoms with E-state index in [-0.39, 0.29) is 29.1 Å². The number of nitrogens with zero attached hydrogens (tertiary/aromatic N) is 3. The van der Waals surface area contributed by atoms with Gasteiger partial charge in [-0.2, -0.15) is 10.5 Å². The zero-order valence-electron chi connectivity index (χ0n) is 14.0. The minimum absolute atomic E-state index is 0.000881. The molecule has 7 heteroatoms. The fourth-order valence-corrected chi connectivity index (χ4v) is 3.21. The van der Waals surface area contributed by atoms with Gasteiger partial charge in [0.2, 0.25) is 5.91 Å². The third kappa shape index (κ3) is 4.28. The number of nitrogen functional groups attached to an aromatic ring is 1. The van der Waals surface area contributed by atoms with Crippen LogP contribution in [0.4, 0.5) is 11.5 Å². The molecular weight excluding hydrogens is 334 g/mol. The molecule has 0 radical (unpaired) electrons. The van der Waals surface area contributed by atoms with Crippen molar-refractivity contribution in [3.63, 3.8) is 0 Å². The first-order valence-corrected chi connectivity index (χ1v) is 8.62. The van der Waals surface area contributed by atoms with E-state index < -0.39 is 0 Å². The molecule has 0 bridgehead atoms. The summed E-state index contributed by atoms with van der Waals surface area (Å²) in [6, 6.07) is 14.8. The van der Waals surface area contributed by atoms with Crippen LogP contribution in [0.15, 0.2) is 41.4 Å². The molecular formula is C18H18N5OS+. The molecule has 2 aromatic rings. The molecule has 1 amide bonds. The molecule has 0 spiro atoms. The number of nitrogens with two attached hydrogens (primary N) is 1. The second kappa shape index (κ2) is 8.18. The number of amides is 1. The largest absolute Gasteiger partial charge is 0.309 e. The zero-order chi connectivity index (χ0) is 18.4. The molecule has 0 atom stereocenters. The standard InChI is InChI=1S/C18H17N5OS/c1-12(2)23(15-6-4-3-5-7-15)16(24)11-25-18-14(10-20)8-13(9-19)17(21)22-18/h3-8,12H,11H2,1-2H3,(H2,21,22)/p+1. The lowest BCUT2D eigenvalue weighted by Gasteiger charge is -2.26. The Balaban J connectivity index is 2.20. The van der Waals surface area contributed by atoms with Crippen molar-refractivity contribution in [1.82, 2.24) is 0 Å². The molecule has 0 aliphatic heterocycles. The number of nitriles is 2. The van der Waals surface area contributed by atoms with Crippen LogP contribution >= 0.6 is 11.8 Å². The molecule has 25 heavy (non-hydrogen) atoms. The van der Waals surface area contributed by atoms with Crippen molar-refractivity contribution in [3.8, 4) is 12.1 Å². The Labute approximate surface area is 150 Å². The van der Waals surface area contributed by atoms with Crippen LogP contribution in [0.5, 0.6) is 0 Å². The van der Waals surface area contributed by atoms with Gasteiger partial charge in [0, 0.05) is 11.7 Å². The van der Waals surface area contributed by atoms with Crippen molar-refractivity contribution in [2.45, 2.75) is 24.9 Å². The first kappa shape index (κ1) is 18.3. The number of nitrogens with one attached hydrogen (secondary N) is 1. The van der Waals surface area contributed by atoms with Crippen LogP contribution in [0.25, 0.3) is 0 Å². The highest BCUT2D eigenvalue weighted by Gasteiger charge is 2.21. The summed E-state index contributed by atoms with van der Waals surface area (Å²) in [6.45, 7) is 3.89. The summed E-state index contributed by atoms with van der Waals surface area (Å²) >= 11 is 1.19. The number of para-hydroxylation sites is 1. The minimum atomic E-state index is -0.0774. The van der Waals surface area contributed by atoms with E-state index >= 15 is 0 Å². The van der Waals surface area contributed by atoms with Gasteiger partial charge in [-0.05, 0) is 32.0 Å². The maximum absolute atomic E-state index is 12.7. The predicted octanol–water partition coefficient (Wildman–Crippen LogP) is 2.36. The lowest BCUT2D eigenvalue weighted by atomic mass is 10.2. The van der Waals surface area contributed by atoms with Gasteiger partial charge in [0.25, 0.3) is 5.82 Å². The second-order valence-corrected chi connectivity index (χ2v) is 6.53. The van der Waals surface area contributed by atoms with Gasteiger partial charge in [0.1, 0.15) is 23.3 Å². The van der Waals surface area contributed by atoms with Gasteiger partial charge in [-0.15, -0.1) is 0 Å². The molecule has 0 saturated carbocycles. The fourth-order valence-electron chi connectivity index (χ4n) is 2.36. The number of rotatable bonds is 5. The number of anilines is 2. The monoisotopic (exact) mass is 352 g/mol. The quantitative estimate of drug-likeness (QED) is 0.831. The molecule has 1 aromatic heterocycles. The first-order chi connectivity index (χ1) is 12.0. The summed E-state index contributed by atoms with van der Waals surface area (Å²) in [4.78, 5) is 17.2. The Hall–Kier alpha value is -3.03. The second-order valence-electron chi connectivity index (χ2n) is 5.54. The lowest BCUT2D eigenvalue weighted by molar-refractivity contribution is -0.410. The highest BCUT2D eigenvalue weighted by molar-refractivity contribution is 7.99. The van der Waals surface area contributed by atoms with Crippen LogP contribution in [0.1, 0.15) is 25.0 Å². The highest BCUT2D eigenvalue weighted by Crippen LogP contribution is 2.23. The third-order valence-corrected chi connectivity index (χ3v) is 4.47. The van der Waals surface area contributed by atoms with E-state index in [9.17, 15) is 10.1 Å². The number of pyridine rings is 1. The predicted molar refractivity (Wildman–Crippen MR) is 96.6 cm³/mol. The average molecular weight is 352 g/mol. The van der Waals surface area contributed by atoms with Gasteiger partial charge in [-0.25, -0.2) is 4.98 Å². The van der Waals surface area contributed by atoms with Gasteiger partial charge in [0.05, 0.1) is 5.75 Å². The SMILES string of the molecule is CC(C)N(C(=O)CSc1[nH+]c(N)c(C#N)cc1C#N)c1ccccc1. The number of carbonyl (C=O) groups excluding carboxylic acids is 1. The number of hydrogen-bond donors (Lipinski definition) is 1. The molecule has 0 aliphatic carbocycles. The fraction of sp³-hybridized carbons (Fsp3) is 0.222. The Morgan fingerprint density at radius 1 is 1.24 bits per heavy atom. The number of thioether (sulfide) groups is 1. The van der Waals surface area contributed by atoms with Crippen molar-refractivity contribution in [2.24, 2.45) is 0 Å². The molecule has 0 aliphatic rings. The number of aromatic nitrogens is 1. The normalized spacial score (nSPS) is 10.1. The summed E-state index contributed by atoms with van der Waals surface area (Å²) in [6.07, 6.45) is 0. The van der Waals surface area contributed by atoms with Crippen LogP contribution in [0.2, 0.25) is 0 Å². The highest BCUT2D eigenvalue weighted by atomic mass is 32.2. The van der Waals surface area contributed by atoms with Crippen LogP contribution in [-0.2, 0) is 4.79 Å². The number of carbonyl (C=O) groups is 1.